The molecule has 27 heavy (non-hydrogen) atoms. The lowest BCUT2D eigenvalue weighted by Crippen LogP contribution is -2.53. The number of anilines is 2. The Morgan fingerprint density at radius 3 is 2.70 bits per heavy atom. The molecule has 1 aliphatic rings. The van der Waals surface area contributed by atoms with Crippen LogP contribution in [-0.4, -0.2) is 27.6 Å². The Morgan fingerprint density at radius 1 is 1.26 bits per heavy atom. The first-order valence-corrected chi connectivity index (χ1v) is 8.69. The second-order valence-corrected chi connectivity index (χ2v) is 7.27. The number of amides is 1. The van der Waals surface area contributed by atoms with Crippen molar-refractivity contribution in [3.8, 4) is 5.75 Å². The number of halogens is 2. The number of carboxylic acid groups (broad SMARTS) is 1. The van der Waals surface area contributed by atoms with Gasteiger partial charge in [0.05, 0.1) is 22.3 Å². The van der Waals surface area contributed by atoms with E-state index >= 15 is 0 Å². The minimum atomic E-state index is -1.69. The SMILES string of the molecule is CC1(CC(=O)O)Oc2ccc(F)cc2N(c2nc3cc(F)ccc3s2)C1=O. The highest BCUT2D eigenvalue weighted by Gasteiger charge is 2.48. The number of thiazole rings is 1. The van der Waals surface area contributed by atoms with Gasteiger partial charge in [-0.25, -0.2) is 18.7 Å². The fourth-order valence-corrected chi connectivity index (χ4v) is 3.92. The first-order chi connectivity index (χ1) is 12.8. The third-order valence-corrected chi connectivity index (χ3v) is 5.19. The average molecular weight is 390 g/mol. The number of rotatable bonds is 3. The number of carbonyl (C=O) groups excluding carboxylic acids is 1. The van der Waals surface area contributed by atoms with Crippen molar-refractivity contribution < 1.29 is 28.2 Å². The molecule has 2 heterocycles. The summed E-state index contributed by atoms with van der Waals surface area (Å²) in [6.07, 6.45) is -0.585. The van der Waals surface area contributed by atoms with Gasteiger partial charge in [0.15, 0.2) is 10.7 Å². The van der Waals surface area contributed by atoms with Gasteiger partial charge in [-0.1, -0.05) is 11.3 Å². The summed E-state index contributed by atoms with van der Waals surface area (Å²) in [6.45, 7) is 1.36. The monoisotopic (exact) mass is 390 g/mol. The summed E-state index contributed by atoms with van der Waals surface area (Å²) >= 11 is 1.11. The van der Waals surface area contributed by atoms with E-state index in [-0.39, 0.29) is 16.6 Å². The highest BCUT2D eigenvalue weighted by atomic mass is 32.1. The maximum atomic E-state index is 13.8. The molecule has 2 aromatic carbocycles. The molecule has 3 aromatic rings. The van der Waals surface area contributed by atoms with E-state index < -0.39 is 35.5 Å². The molecule has 1 aliphatic heterocycles. The molecule has 0 radical (unpaired) electrons. The Bertz CT molecular complexity index is 1100. The number of fused-ring (bicyclic) bond motifs is 2. The minimum Gasteiger partial charge on any atom is -0.481 e. The molecule has 1 unspecified atom stereocenters. The van der Waals surface area contributed by atoms with Crippen LogP contribution in [0, 0.1) is 11.6 Å². The normalized spacial score (nSPS) is 19.1. The van der Waals surface area contributed by atoms with E-state index in [4.69, 9.17) is 4.74 Å². The predicted octanol–water partition coefficient (Wildman–Crippen LogP) is 3.87. The van der Waals surface area contributed by atoms with Crippen molar-refractivity contribution in [3.63, 3.8) is 0 Å². The maximum Gasteiger partial charge on any atom is 0.307 e. The number of carboxylic acids is 1. The zero-order valence-electron chi connectivity index (χ0n) is 13.9. The number of hydrogen-bond donors (Lipinski definition) is 1. The molecule has 0 spiro atoms. The van der Waals surface area contributed by atoms with Gasteiger partial charge in [0.25, 0.3) is 5.91 Å². The Morgan fingerprint density at radius 2 is 1.96 bits per heavy atom. The number of benzene rings is 2. The van der Waals surface area contributed by atoms with Crippen molar-refractivity contribution in [2.24, 2.45) is 0 Å². The van der Waals surface area contributed by atoms with E-state index in [1.807, 2.05) is 0 Å². The second-order valence-electron chi connectivity index (χ2n) is 6.26. The van der Waals surface area contributed by atoms with Gasteiger partial charge in [0.1, 0.15) is 17.4 Å². The van der Waals surface area contributed by atoms with Crippen molar-refractivity contribution >= 4 is 44.2 Å². The fraction of sp³-hybridized carbons (Fsp3) is 0.167. The van der Waals surface area contributed by atoms with Gasteiger partial charge in [-0.2, -0.15) is 0 Å². The lowest BCUT2D eigenvalue weighted by molar-refractivity contribution is -0.148. The van der Waals surface area contributed by atoms with Gasteiger partial charge < -0.3 is 9.84 Å². The highest BCUT2D eigenvalue weighted by molar-refractivity contribution is 7.22. The van der Waals surface area contributed by atoms with Gasteiger partial charge in [-0.05, 0) is 31.2 Å². The summed E-state index contributed by atoms with van der Waals surface area (Å²) in [5, 5.41) is 9.35. The molecule has 0 fully saturated rings. The van der Waals surface area contributed by atoms with Crippen LogP contribution in [-0.2, 0) is 9.59 Å². The van der Waals surface area contributed by atoms with Crippen LogP contribution in [0.4, 0.5) is 19.6 Å². The zero-order valence-corrected chi connectivity index (χ0v) is 14.7. The summed E-state index contributed by atoms with van der Waals surface area (Å²) in [5.74, 6) is -2.82. The van der Waals surface area contributed by atoms with E-state index in [9.17, 15) is 23.5 Å². The van der Waals surface area contributed by atoms with Gasteiger partial charge >= 0.3 is 5.97 Å². The molecule has 1 N–H and O–H groups in total. The Labute approximate surface area is 155 Å². The molecule has 0 saturated carbocycles. The van der Waals surface area contributed by atoms with Crippen LogP contribution in [0.15, 0.2) is 36.4 Å². The molecule has 138 valence electrons. The summed E-state index contributed by atoms with van der Waals surface area (Å²) in [4.78, 5) is 29.8. The van der Waals surface area contributed by atoms with E-state index in [0.717, 1.165) is 28.4 Å². The molecule has 1 aromatic heterocycles. The van der Waals surface area contributed by atoms with Crippen LogP contribution in [0.1, 0.15) is 13.3 Å². The van der Waals surface area contributed by atoms with Gasteiger partial charge in [-0.15, -0.1) is 0 Å². The van der Waals surface area contributed by atoms with Gasteiger partial charge in [0.2, 0.25) is 0 Å². The maximum absolute atomic E-state index is 13.8. The molecular weight excluding hydrogens is 378 g/mol. The van der Waals surface area contributed by atoms with Crippen molar-refractivity contribution in [2.45, 2.75) is 18.9 Å². The largest absolute Gasteiger partial charge is 0.481 e. The quantitative estimate of drug-likeness (QED) is 0.735. The fourth-order valence-electron chi connectivity index (χ4n) is 2.96. The third-order valence-electron chi connectivity index (χ3n) is 4.17. The lowest BCUT2D eigenvalue weighted by Gasteiger charge is -2.38. The molecule has 4 rings (SSSR count). The number of nitrogens with zero attached hydrogens (tertiary/aromatic N) is 2. The molecule has 6 nitrogen and oxygen atoms in total. The number of aliphatic carboxylic acids is 1. The van der Waals surface area contributed by atoms with Crippen LogP contribution < -0.4 is 9.64 Å². The van der Waals surface area contributed by atoms with Gasteiger partial charge in [-0.3, -0.25) is 9.59 Å². The summed E-state index contributed by atoms with van der Waals surface area (Å²) in [7, 11) is 0. The molecule has 9 heteroatoms. The van der Waals surface area contributed by atoms with E-state index in [1.54, 1.807) is 0 Å². The summed E-state index contributed by atoms with van der Waals surface area (Å²) in [6, 6.07) is 7.62. The number of hydrogen-bond acceptors (Lipinski definition) is 5. The van der Waals surface area contributed by atoms with E-state index in [0.29, 0.717) is 10.2 Å². The van der Waals surface area contributed by atoms with Crippen LogP contribution in [0.2, 0.25) is 0 Å². The van der Waals surface area contributed by atoms with Crippen LogP contribution in [0.3, 0.4) is 0 Å². The van der Waals surface area contributed by atoms with Crippen molar-refractivity contribution in [2.75, 3.05) is 4.90 Å². The Balaban J connectivity index is 1.91. The van der Waals surface area contributed by atoms with Gasteiger partial charge in [0, 0.05) is 12.1 Å². The van der Waals surface area contributed by atoms with Crippen molar-refractivity contribution in [3.05, 3.63) is 48.0 Å². The Kier molecular flexibility index (Phi) is 3.84. The van der Waals surface area contributed by atoms with Crippen molar-refractivity contribution in [1.82, 2.24) is 4.98 Å². The van der Waals surface area contributed by atoms with Crippen LogP contribution in [0.25, 0.3) is 10.2 Å². The number of ether oxygens (including phenoxy) is 1. The smallest absolute Gasteiger partial charge is 0.307 e. The summed E-state index contributed by atoms with van der Waals surface area (Å²) < 4.78 is 33.5. The highest BCUT2D eigenvalue weighted by Crippen LogP contribution is 2.45. The molecular formula is C18H12F2N2O4S. The van der Waals surface area contributed by atoms with E-state index in [2.05, 4.69) is 4.98 Å². The first kappa shape index (κ1) is 17.3. The molecule has 0 bridgehead atoms. The lowest BCUT2D eigenvalue weighted by atomic mass is 9.97. The Hall–Kier alpha value is -3.07. The molecule has 1 amide bonds. The topological polar surface area (TPSA) is 79.7 Å². The first-order valence-electron chi connectivity index (χ1n) is 7.88. The predicted molar refractivity (Wildman–Crippen MR) is 94.4 cm³/mol. The number of aromatic nitrogens is 1. The minimum absolute atomic E-state index is 0.113. The molecule has 1 atom stereocenters. The zero-order chi connectivity index (χ0) is 19.3. The van der Waals surface area contributed by atoms with Crippen molar-refractivity contribution in [1.29, 1.82) is 0 Å². The molecule has 0 aliphatic carbocycles. The molecule has 0 saturated heterocycles. The number of carbonyl (C=O) groups is 2. The third kappa shape index (κ3) is 2.89. The average Bonchev–Trinajstić information content (AvgIpc) is 2.98. The standard InChI is InChI=1S/C18H12F2N2O4S/c1-18(8-15(23)24)16(25)22(12-7-10(20)2-4-13(12)26-18)17-21-11-6-9(19)3-5-14(11)27-17/h2-7H,8H2,1H3,(H,23,24). The second kappa shape index (κ2) is 5.98. The summed E-state index contributed by atoms with van der Waals surface area (Å²) in [5.41, 5.74) is -1.24. The van der Waals surface area contributed by atoms with E-state index in [1.165, 1.54) is 31.2 Å². The van der Waals surface area contributed by atoms with Crippen LogP contribution >= 0.6 is 11.3 Å². The van der Waals surface area contributed by atoms with Crippen LogP contribution in [0.5, 0.6) is 5.75 Å².